The predicted octanol–water partition coefficient (Wildman–Crippen LogP) is -0.355. The standard InChI is InChI=1S/C9H19N3O2.ClH/c1-7(2)3-4-11-9(14)6-12-8(13)5-10;/h7H,3-6,10H2,1-2H3,(H,11,14)(H,12,13);1H. The largest absolute Gasteiger partial charge is 0.355 e. The van der Waals surface area contributed by atoms with Crippen molar-refractivity contribution in [2.24, 2.45) is 11.7 Å². The number of hydrogen-bond donors (Lipinski definition) is 3. The van der Waals surface area contributed by atoms with Gasteiger partial charge in [-0.25, -0.2) is 0 Å². The molecular weight excluding hydrogens is 218 g/mol. The van der Waals surface area contributed by atoms with Crippen LogP contribution in [0.1, 0.15) is 20.3 Å². The minimum Gasteiger partial charge on any atom is -0.355 e. The second kappa shape index (κ2) is 9.73. The molecule has 0 spiro atoms. The molecule has 2 amide bonds. The van der Waals surface area contributed by atoms with Crippen LogP contribution in [-0.2, 0) is 9.59 Å². The number of hydrogen-bond acceptors (Lipinski definition) is 3. The summed E-state index contributed by atoms with van der Waals surface area (Å²) in [6, 6.07) is 0. The van der Waals surface area contributed by atoms with Crippen LogP contribution in [0.2, 0.25) is 0 Å². The maximum atomic E-state index is 11.1. The fourth-order valence-electron chi connectivity index (χ4n) is 0.814. The molecule has 0 fully saturated rings. The lowest BCUT2D eigenvalue weighted by Crippen LogP contribution is -2.39. The van der Waals surface area contributed by atoms with Crippen molar-refractivity contribution in [1.82, 2.24) is 10.6 Å². The summed E-state index contributed by atoms with van der Waals surface area (Å²) in [4.78, 5) is 21.8. The van der Waals surface area contributed by atoms with E-state index in [1.807, 2.05) is 0 Å². The summed E-state index contributed by atoms with van der Waals surface area (Å²) in [6.45, 7) is 4.74. The Labute approximate surface area is 96.6 Å². The number of halogens is 1. The van der Waals surface area contributed by atoms with Gasteiger partial charge >= 0.3 is 0 Å². The molecule has 0 rings (SSSR count). The summed E-state index contributed by atoms with van der Waals surface area (Å²) in [6.07, 6.45) is 0.941. The van der Waals surface area contributed by atoms with Gasteiger partial charge in [0.15, 0.2) is 0 Å². The Morgan fingerprint density at radius 1 is 1.20 bits per heavy atom. The van der Waals surface area contributed by atoms with Crippen molar-refractivity contribution in [3.63, 3.8) is 0 Å². The predicted molar refractivity (Wildman–Crippen MR) is 61.8 cm³/mol. The van der Waals surface area contributed by atoms with E-state index in [9.17, 15) is 9.59 Å². The first-order chi connectivity index (χ1) is 6.56. The molecule has 15 heavy (non-hydrogen) atoms. The Bertz CT molecular complexity index is 198. The number of amides is 2. The highest BCUT2D eigenvalue weighted by Gasteiger charge is 2.03. The van der Waals surface area contributed by atoms with Gasteiger partial charge in [-0.05, 0) is 12.3 Å². The molecule has 4 N–H and O–H groups in total. The minimum atomic E-state index is -0.316. The Balaban J connectivity index is 0. The van der Waals surface area contributed by atoms with Gasteiger partial charge in [-0.2, -0.15) is 0 Å². The topological polar surface area (TPSA) is 84.2 Å². The zero-order valence-electron chi connectivity index (χ0n) is 9.21. The quantitative estimate of drug-likeness (QED) is 0.590. The first-order valence-electron chi connectivity index (χ1n) is 4.79. The van der Waals surface area contributed by atoms with E-state index in [0.29, 0.717) is 12.5 Å². The molecule has 0 aliphatic carbocycles. The molecule has 6 heteroatoms. The monoisotopic (exact) mass is 237 g/mol. The van der Waals surface area contributed by atoms with Crippen LogP contribution in [0.5, 0.6) is 0 Å². The normalized spacial score (nSPS) is 9.33. The fourth-order valence-corrected chi connectivity index (χ4v) is 0.814. The Kier molecular flexibility index (Phi) is 10.8. The first-order valence-corrected chi connectivity index (χ1v) is 4.79. The van der Waals surface area contributed by atoms with Gasteiger partial charge in [-0.3, -0.25) is 9.59 Å². The maximum Gasteiger partial charge on any atom is 0.239 e. The SMILES string of the molecule is CC(C)CCNC(=O)CNC(=O)CN.Cl. The molecule has 0 bridgehead atoms. The molecule has 0 unspecified atom stereocenters. The molecule has 90 valence electrons. The highest BCUT2D eigenvalue weighted by Crippen LogP contribution is 1.95. The smallest absolute Gasteiger partial charge is 0.239 e. The van der Waals surface area contributed by atoms with E-state index in [4.69, 9.17) is 5.73 Å². The van der Waals surface area contributed by atoms with E-state index in [-0.39, 0.29) is 37.3 Å². The average Bonchev–Trinajstić information content (AvgIpc) is 2.13. The van der Waals surface area contributed by atoms with E-state index in [0.717, 1.165) is 6.42 Å². The van der Waals surface area contributed by atoms with E-state index >= 15 is 0 Å². The molecule has 5 nitrogen and oxygen atoms in total. The van der Waals surface area contributed by atoms with Crippen molar-refractivity contribution in [1.29, 1.82) is 0 Å². The molecule has 0 heterocycles. The first kappa shape index (κ1) is 16.6. The fraction of sp³-hybridized carbons (Fsp3) is 0.778. The zero-order chi connectivity index (χ0) is 11.0. The van der Waals surface area contributed by atoms with Gasteiger partial charge in [-0.15, -0.1) is 12.4 Å². The van der Waals surface area contributed by atoms with Crippen molar-refractivity contribution in [2.45, 2.75) is 20.3 Å². The molecule has 0 saturated heterocycles. The number of nitrogens with one attached hydrogen (secondary N) is 2. The van der Waals surface area contributed by atoms with E-state index in [1.54, 1.807) is 0 Å². The Morgan fingerprint density at radius 2 is 1.80 bits per heavy atom. The van der Waals surface area contributed by atoms with Crippen LogP contribution < -0.4 is 16.4 Å². The lowest BCUT2D eigenvalue weighted by Gasteiger charge is -2.07. The van der Waals surface area contributed by atoms with E-state index < -0.39 is 0 Å². The Hall–Kier alpha value is -0.810. The van der Waals surface area contributed by atoms with E-state index in [1.165, 1.54) is 0 Å². The van der Waals surface area contributed by atoms with Crippen LogP contribution >= 0.6 is 12.4 Å². The third-order valence-electron chi connectivity index (χ3n) is 1.68. The summed E-state index contributed by atoms with van der Waals surface area (Å²) in [5.41, 5.74) is 5.05. The van der Waals surface area contributed by atoms with Crippen molar-refractivity contribution < 1.29 is 9.59 Å². The van der Waals surface area contributed by atoms with Gasteiger partial charge in [0.25, 0.3) is 0 Å². The molecule has 0 radical (unpaired) electrons. The summed E-state index contributed by atoms with van der Waals surface area (Å²) in [5.74, 6) is 0.0744. The third kappa shape index (κ3) is 11.1. The van der Waals surface area contributed by atoms with Crippen LogP contribution in [0.4, 0.5) is 0 Å². The lowest BCUT2D eigenvalue weighted by atomic mass is 10.1. The summed E-state index contributed by atoms with van der Waals surface area (Å²) in [7, 11) is 0. The second-order valence-corrected chi connectivity index (χ2v) is 3.51. The minimum absolute atomic E-state index is 0. The van der Waals surface area contributed by atoms with Crippen molar-refractivity contribution in [3.05, 3.63) is 0 Å². The third-order valence-corrected chi connectivity index (χ3v) is 1.68. The molecular formula is C9H20ClN3O2. The Morgan fingerprint density at radius 3 is 2.27 bits per heavy atom. The molecule has 0 aliphatic rings. The van der Waals surface area contributed by atoms with Gasteiger partial charge in [0.05, 0.1) is 13.1 Å². The summed E-state index contributed by atoms with van der Waals surface area (Å²) < 4.78 is 0. The average molecular weight is 238 g/mol. The van der Waals surface area contributed by atoms with Crippen LogP contribution in [0.25, 0.3) is 0 Å². The van der Waals surface area contributed by atoms with Crippen molar-refractivity contribution in [2.75, 3.05) is 19.6 Å². The highest BCUT2D eigenvalue weighted by molar-refractivity contribution is 5.85. The number of carbonyl (C=O) groups excluding carboxylic acids is 2. The van der Waals surface area contributed by atoms with Crippen molar-refractivity contribution >= 4 is 24.2 Å². The van der Waals surface area contributed by atoms with Gasteiger partial charge in [0.1, 0.15) is 0 Å². The maximum absolute atomic E-state index is 11.1. The van der Waals surface area contributed by atoms with Gasteiger partial charge in [-0.1, -0.05) is 13.8 Å². The summed E-state index contributed by atoms with van der Waals surface area (Å²) >= 11 is 0. The van der Waals surface area contributed by atoms with Gasteiger partial charge < -0.3 is 16.4 Å². The molecule has 0 aromatic carbocycles. The zero-order valence-corrected chi connectivity index (χ0v) is 10.0. The lowest BCUT2D eigenvalue weighted by molar-refractivity contribution is -0.125. The van der Waals surface area contributed by atoms with Crippen molar-refractivity contribution in [3.8, 4) is 0 Å². The van der Waals surface area contributed by atoms with E-state index in [2.05, 4.69) is 24.5 Å². The van der Waals surface area contributed by atoms with Crippen LogP contribution in [0.15, 0.2) is 0 Å². The van der Waals surface area contributed by atoms with Crippen LogP contribution in [-0.4, -0.2) is 31.4 Å². The molecule has 0 aliphatic heterocycles. The van der Waals surface area contributed by atoms with Gasteiger partial charge in [0.2, 0.25) is 11.8 Å². The molecule has 0 aromatic heterocycles. The van der Waals surface area contributed by atoms with Crippen LogP contribution in [0, 0.1) is 5.92 Å². The number of nitrogens with two attached hydrogens (primary N) is 1. The summed E-state index contributed by atoms with van der Waals surface area (Å²) in [5, 5.41) is 5.09. The number of carbonyl (C=O) groups is 2. The van der Waals surface area contributed by atoms with Gasteiger partial charge in [0, 0.05) is 6.54 Å². The van der Waals surface area contributed by atoms with Crippen LogP contribution in [0.3, 0.4) is 0 Å². The molecule has 0 aromatic rings. The number of rotatable bonds is 6. The second-order valence-electron chi connectivity index (χ2n) is 3.51. The molecule has 0 atom stereocenters. The highest BCUT2D eigenvalue weighted by atomic mass is 35.5. The molecule has 0 saturated carbocycles.